The fourth-order valence-electron chi connectivity index (χ4n) is 2.60. The van der Waals surface area contributed by atoms with E-state index in [1.807, 2.05) is 31.2 Å². The van der Waals surface area contributed by atoms with E-state index < -0.39 is 18.7 Å². The molecule has 4 heteroatoms. The zero-order valence-corrected chi connectivity index (χ0v) is 10.4. The Kier molecular flexibility index (Phi) is 3.39. The second kappa shape index (κ2) is 4.82. The minimum Gasteiger partial charge on any atom is -0.481 e. The molecule has 0 heterocycles. The van der Waals surface area contributed by atoms with Gasteiger partial charge in [-0.1, -0.05) is 31.2 Å². The second-order valence-electron chi connectivity index (χ2n) is 4.48. The van der Waals surface area contributed by atoms with Crippen molar-refractivity contribution in [3.63, 3.8) is 0 Å². The molecule has 0 aromatic heterocycles. The molecule has 0 spiro atoms. The number of hydrogen-bond acceptors (Lipinski definition) is 3. The van der Waals surface area contributed by atoms with Gasteiger partial charge in [-0.3, -0.25) is 4.79 Å². The van der Waals surface area contributed by atoms with Crippen molar-refractivity contribution in [3.05, 3.63) is 41.0 Å². The van der Waals surface area contributed by atoms with E-state index in [9.17, 15) is 9.90 Å². The van der Waals surface area contributed by atoms with Gasteiger partial charge in [0.05, 0.1) is 5.92 Å². The van der Waals surface area contributed by atoms with Crippen LogP contribution in [0, 0.1) is 5.92 Å². The number of allylic oxidation sites excluding steroid dienone is 1. The summed E-state index contributed by atoms with van der Waals surface area (Å²) in [4.78, 5) is 11.2. The fourth-order valence-corrected chi connectivity index (χ4v) is 2.60. The SMILES string of the molecule is CC1=C(OCO)c2ccccc2C1C(C)C(=O)O. The lowest BCUT2D eigenvalue weighted by atomic mass is 9.85. The van der Waals surface area contributed by atoms with E-state index in [1.165, 1.54) is 0 Å². The zero-order chi connectivity index (χ0) is 13.3. The van der Waals surface area contributed by atoms with Gasteiger partial charge in [-0.15, -0.1) is 0 Å². The molecule has 1 aliphatic rings. The van der Waals surface area contributed by atoms with E-state index in [0.717, 1.165) is 16.7 Å². The van der Waals surface area contributed by atoms with Gasteiger partial charge in [0.15, 0.2) is 6.79 Å². The zero-order valence-electron chi connectivity index (χ0n) is 10.4. The first-order chi connectivity index (χ1) is 8.57. The first kappa shape index (κ1) is 12.6. The first-order valence-electron chi connectivity index (χ1n) is 5.84. The highest BCUT2D eigenvalue weighted by Gasteiger charge is 2.36. The maximum atomic E-state index is 11.2. The molecule has 0 saturated heterocycles. The number of aliphatic carboxylic acids is 1. The summed E-state index contributed by atoms with van der Waals surface area (Å²) in [5.74, 6) is -0.947. The molecule has 0 amide bonds. The van der Waals surface area contributed by atoms with Gasteiger partial charge in [0.25, 0.3) is 0 Å². The van der Waals surface area contributed by atoms with Crippen molar-refractivity contribution in [1.82, 2.24) is 0 Å². The molecule has 0 fully saturated rings. The normalized spacial score (nSPS) is 19.6. The molecule has 0 bridgehead atoms. The Balaban J connectivity index is 2.51. The molecule has 2 atom stereocenters. The van der Waals surface area contributed by atoms with E-state index in [4.69, 9.17) is 9.84 Å². The number of aliphatic hydroxyl groups excluding tert-OH is 1. The molecular weight excluding hydrogens is 232 g/mol. The maximum absolute atomic E-state index is 11.2. The molecule has 0 radical (unpaired) electrons. The van der Waals surface area contributed by atoms with Crippen molar-refractivity contribution in [3.8, 4) is 0 Å². The van der Waals surface area contributed by atoms with Crippen LogP contribution in [-0.2, 0) is 9.53 Å². The predicted octanol–water partition coefficient (Wildman–Crippen LogP) is 2.20. The summed E-state index contributed by atoms with van der Waals surface area (Å²) in [6, 6.07) is 7.56. The van der Waals surface area contributed by atoms with Gasteiger partial charge in [-0.2, -0.15) is 0 Å². The number of carboxylic acids is 1. The van der Waals surface area contributed by atoms with Crippen LogP contribution < -0.4 is 0 Å². The van der Waals surface area contributed by atoms with Crippen molar-refractivity contribution >= 4 is 11.7 Å². The third-order valence-electron chi connectivity index (χ3n) is 3.46. The van der Waals surface area contributed by atoms with E-state index >= 15 is 0 Å². The Hall–Kier alpha value is -1.81. The van der Waals surface area contributed by atoms with Crippen molar-refractivity contribution < 1.29 is 19.7 Å². The molecule has 0 saturated carbocycles. The van der Waals surface area contributed by atoms with Gasteiger partial charge < -0.3 is 14.9 Å². The monoisotopic (exact) mass is 248 g/mol. The van der Waals surface area contributed by atoms with E-state index in [-0.39, 0.29) is 5.92 Å². The number of hydrogen-bond donors (Lipinski definition) is 2. The van der Waals surface area contributed by atoms with Crippen LogP contribution in [0.15, 0.2) is 29.8 Å². The minimum absolute atomic E-state index is 0.194. The van der Waals surface area contributed by atoms with Crippen LogP contribution in [0.2, 0.25) is 0 Å². The highest BCUT2D eigenvalue weighted by atomic mass is 16.6. The molecular formula is C14H16O4. The van der Waals surface area contributed by atoms with Crippen LogP contribution in [-0.4, -0.2) is 23.0 Å². The van der Waals surface area contributed by atoms with E-state index in [2.05, 4.69) is 0 Å². The second-order valence-corrected chi connectivity index (χ2v) is 4.48. The van der Waals surface area contributed by atoms with E-state index in [1.54, 1.807) is 6.92 Å². The van der Waals surface area contributed by atoms with Gasteiger partial charge in [0.1, 0.15) is 5.76 Å². The van der Waals surface area contributed by atoms with Gasteiger partial charge >= 0.3 is 5.97 Å². The quantitative estimate of drug-likeness (QED) is 0.802. The summed E-state index contributed by atoms with van der Waals surface area (Å²) in [5, 5.41) is 18.1. The predicted molar refractivity (Wildman–Crippen MR) is 66.7 cm³/mol. The Morgan fingerprint density at radius 3 is 2.72 bits per heavy atom. The lowest BCUT2D eigenvalue weighted by Gasteiger charge is -2.18. The summed E-state index contributed by atoms with van der Waals surface area (Å²) >= 11 is 0. The van der Waals surface area contributed by atoms with Crippen LogP contribution >= 0.6 is 0 Å². The molecule has 2 unspecified atom stereocenters. The number of fused-ring (bicyclic) bond motifs is 1. The van der Waals surface area contributed by atoms with Gasteiger partial charge in [-0.05, 0) is 18.1 Å². The molecule has 1 aromatic carbocycles. The molecule has 18 heavy (non-hydrogen) atoms. The number of rotatable bonds is 4. The number of carboxylic acid groups (broad SMARTS) is 1. The molecule has 4 nitrogen and oxygen atoms in total. The molecule has 2 rings (SSSR count). The number of carbonyl (C=O) groups is 1. The number of benzene rings is 1. The highest BCUT2D eigenvalue weighted by Crippen LogP contribution is 2.45. The Morgan fingerprint density at radius 1 is 1.44 bits per heavy atom. The average Bonchev–Trinajstić information content (AvgIpc) is 2.62. The Morgan fingerprint density at radius 2 is 2.11 bits per heavy atom. The maximum Gasteiger partial charge on any atom is 0.307 e. The third-order valence-corrected chi connectivity index (χ3v) is 3.46. The smallest absolute Gasteiger partial charge is 0.307 e. The van der Waals surface area contributed by atoms with Crippen molar-refractivity contribution in [1.29, 1.82) is 0 Å². The lowest BCUT2D eigenvalue weighted by Crippen LogP contribution is -2.18. The summed E-state index contributed by atoms with van der Waals surface area (Å²) in [7, 11) is 0. The van der Waals surface area contributed by atoms with Crippen LogP contribution in [0.1, 0.15) is 30.9 Å². The standard InChI is InChI=1S/C14H16O4/c1-8-12(9(2)14(16)17)10-5-3-4-6-11(10)13(8)18-7-15/h3-6,9,12,15H,7H2,1-2H3,(H,16,17). The van der Waals surface area contributed by atoms with Gasteiger partial charge in [0, 0.05) is 11.5 Å². The number of ether oxygens (including phenoxy) is 1. The van der Waals surface area contributed by atoms with Crippen molar-refractivity contribution in [2.75, 3.05) is 6.79 Å². The molecule has 0 aliphatic heterocycles. The van der Waals surface area contributed by atoms with Crippen LogP contribution in [0.5, 0.6) is 0 Å². The van der Waals surface area contributed by atoms with Gasteiger partial charge in [0.2, 0.25) is 0 Å². The fraction of sp³-hybridized carbons (Fsp3) is 0.357. The average molecular weight is 248 g/mol. The molecule has 1 aromatic rings. The number of aliphatic hydroxyl groups is 1. The first-order valence-corrected chi connectivity index (χ1v) is 5.84. The molecule has 1 aliphatic carbocycles. The van der Waals surface area contributed by atoms with Crippen molar-refractivity contribution in [2.45, 2.75) is 19.8 Å². The summed E-state index contributed by atoms with van der Waals surface area (Å²) in [6.07, 6.45) is 0. The van der Waals surface area contributed by atoms with Crippen molar-refractivity contribution in [2.24, 2.45) is 5.92 Å². The highest BCUT2D eigenvalue weighted by molar-refractivity contribution is 5.79. The van der Waals surface area contributed by atoms with Crippen LogP contribution in [0.25, 0.3) is 5.76 Å². The topological polar surface area (TPSA) is 66.8 Å². The Labute approximate surface area is 106 Å². The summed E-state index contributed by atoms with van der Waals surface area (Å²) < 4.78 is 5.24. The molecule has 96 valence electrons. The lowest BCUT2D eigenvalue weighted by molar-refractivity contribution is -0.141. The van der Waals surface area contributed by atoms with Crippen LogP contribution in [0.3, 0.4) is 0 Å². The van der Waals surface area contributed by atoms with E-state index in [0.29, 0.717) is 5.76 Å². The summed E-state index contributed by atoms with van der Waals surface area (Å²) in [6.45, 7) is 3.14. The molecule has 2 N–H and O–H groups in total. The van der Waals surface area contributed by atoms with Gasteiger partial charge in [-0.25, -0.2) is 0 Å². The third kappa shape index (κ3) is 1.88. The summed E-state index contributed by atoms with van der Waals surface area (Å²) in [5.41, 5.74) is 2.69. The Bertz CT molecular complexity index is 504. The minimum atomic E-state index is -0.834. The van der Waals surface area contributed by atoms with Crippen LogP contribution in [0.4, 0.5) is 0 Å². The largest absolute Gasteiger partial charge is 0.481 e.